The van der Waals surface area contributed by atoms with E-state index in [4.69, 9.17) is 11.6 Å². The highest BCUT2D eigenvalue weighted by Crippen LogP contribution is 2.32. The summed E-state index contributed by atoms with van der Waals surface area (Å²) in [6.07, 6.45) is 4.31. The molecule has 0 unspecified atom stereocenters. The first kappa shape index (κ1) is 21.6. The lowest BCUT2D eigenvalue weighted by molar-refractivity contribution is 0.101. The molecule has 1 fully saturated rings. The Kier molecular flexibility index (Phi) is 6.12. The van der Waals surface area contributed by atoms with Gasteiger partial charge >= 0.3 is 0 Å². The van der Waals surface area contributed by atoms with Gasteiger partial charge in [0.2, 0.25) is 0 Å². The highest BCUT2D eigenvalue weighted by Gasteiger charge is 2.16. The van der Waals surface area contributed by atoms with Crippen molar-refractivity contribution in [2.24, 2.45) is 0 Å². The summed E-state index contributed by atoms with van der Waals surface area (Å²) in [6, 6.07) is 22.2. The molecule has 0 spiro atoms. The van der Waals surface area contributed by atoms with Crippen molar-refractivity contribution in [2.45, 2.75) is 26.3 Å². The van der Waals surface area contributed by atoms with Crippen LogP contribution in [0, 0.1) is 0 Å². The van der Waals surface area contributed by atoms with Gasteiger partial charge in [-0.15, -0.1) is 0 Å². The second-order valence-corrected chi connectivity index (χ2v) is 9.07. The maximum absolute atomic E-state index is 11.7. The van der Waals surface area contributed by atoms with Crippen LogP contribution in [0.2, 0.25) is 5.02 Å². The average Bonchev–Trinajstić information content (AvgIpc) is 3.32. The van der Waals surface area contributed by atoms with Crippen molar-refractivity contribution in [3.05, 3.63) is 89.1 Å². The number of aromatic nitrogens is 1. The minimum Gasteiger partial charge on any atom is -0.355 e. The zero-order valence-electron chi connectivity index (χ0n) is 18.6. The number of Topliss-reactive ketones (excluding diaryl/α,β-unsaturated/α-hetero) is 1. The lowest BCUT2D eigenvalue weighted by atomic mass is 9.97. The normalized spacial score (nSPS) is 14.0. The molecule has 2 heterocycles. The summed E-state index contributed by atoms with van der Waals surface area (Å²) in [5.41, 5.74) is 7.26. The van der Waals surface area contributed by atoms with E-state index in [1.165, 1.54) is 24.0 Å². The van der Waals surface area contributed by atoms with Gasteiger partial charge in [0.25, 0.3) is 0 Å². The number of halogens is 1. The van der Waals surface area contributed by atoms with E-state index in [0.29, 0.717) is 5.02 Å². The number of benzene rings is 3. The van der Waals surface area contributed by atoms with Crippen molar-refractivity contribution in [3.63, 3.8) is 0 Å². The van der Waals surface area contributed by atoms with Gasteiger partial charge in [-0.05, 0) is 85.9 Å². The number of nitrogens with one attached hydrogen (secondary N) is 1. The van der Waals surface area contributed by atoms with Gasteiger partial charge in [-0.25, -0.2) is 0 Å². The second kappa shape index (κ2) is 9.34. The summed E-state index contributed by atoms with van der Waals surface area (Å²) in [7, 11) is 0. The first-order valence-electron chi connectivity index (χ1n) is 11.3. The van der Waals surface area contributed by atoms with Gasteiger partial charge in [-0.1, -0.05) is 41.9 Å². The molecular formula is C28H26ClN3O. The first-order valence-corrected chi connectivity index (χ1v) is 11.7. The Bertz CT molecular complexity index is 1310. The Labute approximate surface area is 199 Å². The number of likely N-dealkylation sites (tertiary alicyclic amines) is 1. The third-order valence-corrected chi connectivity index (χ3v) is 6.52. The molecule has 166 valence electrons. The molecule has 5 rings (SSSR count). The Morgan fingerprint density at radius 2 is 1.79 bits per heavy atom. The predicted molar refractivity (Wildman–Crippen MR) is 136 cm³/mol. The highest BCUT2D eigenvalue weighted by molar-refractivity contribution is 6.31. The monoisotopic (exact) mass is 455 g/mol. The number of pyridine rings is 1. The van der Waals surface area contributed by atoms with Gasteiger partial charge in [0.15, 0.2) is 5.78 Å². The molecule has 1 aromatic heterocycles. The number of hydrogen-bond acceptors (Lipinski definition) is 4. The fourth-order valence-corrected chi connectivity index (χ4v) is 4.70. The van der Waals surface area contributed by atoms with Crippen molar-refractivity contribution in [2.75, 3.05) is 18.4 Å². The number of fused-ring (bicyclic) bond motifs is 1. The van der Waals surface area contributed by atoms with E-state index in [-0.39, 0.29) is 5.78 Å². The molecule has 0 aliphatic carbocycles. The van der Waals surface area contributed by atoms with Crippen LogP contribution in [0.4, 0.5) is 11.4 Å². The van der Waals surface area contributed by atoms with Crippen molar-refractivity contribution in [3.8, 4) is 11.1 Å². The molecule has 1 aliphatic rings. The number of carbonyl (C=O) groups is 1. The topological polar surface area (TPSA) is 45.2 Å². The minimum atomic E-state index is 0.0873. The quantitative estimate of drug-likeness (QED) is 0.315. The van der Waals surface area contributed by atoms with Gasteiger partial charge in [-0.2, -0.15) is 0 Å². The van der Waals surface area contributed by atoms with Gasteiger partial charge in [0.05, 0.1) is 5.52 Å². The van der Waals surface area contributed by atoms with E-state index in [9.17, 15) is 4.79 Å². The summed E-state index contributed by atoms with van der Waals surface area (Å²) >= 11 is 6.15. The average molecular weight is 456 g/mol. The van der Waals surface area contributed by atoms with E-state index >= 15 is 0 Å². The molecule has 0 atom stereocenters. The Hall–Kier alpha value is -3.21. The maximum atomic E-state index is 11.7. The van der Waals surface area contributed by atoms with E-state index < -0.39 is 0 Å². The number of anilines is 2. The Balaban J connectivity index is 1.51. The first-order chi connectivity index (χ1) is 16.1. The van der Waals surface area contributed by atoms with E-state index in [0.717, 1.165) is 53.0 Å². The van der Waals surface area contributed by atoms with Crippen LogP contribution in [0.25, 0.3) is 22.0 Å². The van der Waals surface area contributed by atoms with Crippen LogP contribution in [-0.4, -0.2) is 28.8 Å². The van der Waals surface area contributed by atoms with E-state index in [1.54, 1.807) is 13.1 Å². The van der Waals surface area contributed by atoms with Gasteiger partial charge < -0.3 is 5.32 Å². The lowest BCUT2D eigenvalue weighted by Crippen LogP contribution is -2.19. The molecular weight excluding hydrogens is 430 g/mol. The molecule has 33 heavy (non-hydrogen) atoms. The fraction of sp³-hybridized carbons (Fsp3) is 0.214. The van der Waals surface area contributed by atoms with Crippen molar-refractivity contribution in [1.29, 1.82) is 0 Å². The second-order valence-electron chi connectivity index (χ2n) is 8.63. The molecule has 3 aromatic carbocycles. The highest BCUT2D eigenvalue weighted by atomic mass is 35.5. The predicted octanol–water partition coefficient (Wildman–Crippen LogP) is 7.10. The lowest BCUT2D eigenvalue weighted by Gasteiger charge is -2.19. The molecule has 4 nitrogen and oxygen atoms in total. The smallest absolute Gasteiger partial charge is 0.159 e. The third-order valence-electron chi connectivity index (χ3n) is 6.28. The van der Waals surface area contributed by atoms with Crippen molar-refractivity contribution in [1.82, 2.24) is 9.88 Å². The van der Waals surface area contributed by atoms with Crippen LogP contribution in [-0.2, 0) is 6.54 Å². The number of nitrogens with zero attached hydrogens (tertiary/aromatic N) is 2. The van der Waals surface area contributed by atoms with Gasteiger partial charge in [-0.3, -0.25) is 14.7 Å². The molecule has 0 amide bonds. The summed E-state index contributed by atoms with van der Waals surface area (Å²) in [5, 5.41) is 5.30. The van der Waals surface area contributed by atoms with Crippen molar-refractivity contribution < 1.29 is 4.79 Å². The molecule has 0 bridgehead atoms. The molecule has 0 saturated carbocycles. The third kappa shape index (κ3) is 4.77. The maximum Gasteiger partial charge on any atom is 0.159 e. The molecule has 1 saturated heterocycles. The van der Waals surface area contributed by atoms with Crippen LogP contribution in [0.15, 0.2) is 72.9 Å². The molecule has 1 aliphatic heterocycles. The summed E-state index contributed by atoms with van der Waals surface area (Å²) in [6.45, 7) is 4.78. The number of carbonyl (C=O) groups excluding carboxylic acids is 1. The van der Waals surface area contributed by atoms with Crippen LogP contribution in [0.5, 0.6) is 0 Å². The molecule has 5 heteroatoms. The number of hydrogen-bond donors (Lipinski definition) is 1. The van der Waals surface area contributed by atoms with Crippen LogP contribution in [0.3, 0.4) is 0 Å². The molecule has 4 aromatic rings. The number of ketones is 1. The minimum absolute atomic E-state index is 0.0873. The zero-order chi connectivity index (χ0) is 22.8. The fourth-order valence-electron chi connectivity index (χ4n) is 4.54. The summed E-state index contributed by atoms with van der Waals surface area (Å²) < 4.78 is 0. The van der Waals surface area contributed by atoms with Crippen LogP contribution < -0.4 is 5.32 Å². The van der Waals surface area contributed by atoms with Crippen LogP contribution in [0.1, 0.15) is 35.7 Å². The van der Waals surface area contributed by atoms with E-state index in [1.807, 2.05) is 48.5 Å². The zero-order valence-corrected chi connectivity index (χ0v) is 19.4. The number of rotatable bonds is 6. The summed E-state index contributed by atoms with van der Waals surface area (Å²) in [5.74, 6) is 0.0873. The SMILES string of the molecule is CC(=O)c1ccc(-c2ccc(Nc3ccnc4cc(Cl)ccc34)cc2CN2CCCC2)cc1. The standard InChI is InChI=1S/C28H26ClN3O/c1-19(33)20-4-6-21(7-5-20)25-11-9-24(16-22(25)18-32-14-2-3-15-32)31-27-12-13-30-28-17-23(29)8-10-26(27)28/h4-13,16-17H,2-3,14-15,18H2,1H3,(H,30,31). The molecule has 1 N–H and O–H groups in total. The summed E-state index contributed by atoms with van der Waals surface area (Å²) in [4.78, 5) is 18.7. The largest absolute Gasteiger partial charge is 0.355 e. The van der Waals surface area contributed by atoms with Gasteiger partial charge in [0.1, 0.15) is 0 Å². The Morgan fingerprint density at radius 1 is 1.00 bits per heavy atom. The van der Waals surface area contributed by atoms with Crippen LogP contribution >= 0.6 is 11.6 Å². The molecule has 0 radical (unpaired) electrons. The van der Waals surface area contributed by atoms with E-state index in [2.05, 4.69) is 33.4 Å². The Morgan fingerprint density at radius 3 is 2.55 bits per heavy atom. The van der Waals surface area contributed by atoms with Gasteiger partial charge in [0, 0.05) is 40.1 Å². The van der Waals surface area contributed by atoms with Crippen molar-refractivity contribution >= 4 is 39.7 Å².